The first-order valence-electron chi connectivity index (χ1n) is 19.1. The highest BCUT2D eigenvalue weighted by Crippen LogP contribution is 2.33. The fraction of sp³-hybridized carbons (Fsp3) is 0.452. The van der Waals surface area contributed by atoms with E-state index in [9.17, 15) is 15.0 Å². The Kier molecular flexibility index (Phi) is 12.2. The molecule has 0 radical (unpaired) electrons. The van der Waals surface area contributed by atoms with Crippen LogP contribution < -0.4 is 24.0 Å². The molecule has 3 unspecified atom stereocenters. The van der Waals surface area contributed by atoms with Crippen molar-refractivity contribution in [2.75, 3.05) is 43.7 Å². The highest BCUT2D eigenvalue weighted by atomic mass is 16.5. The third kappa shape index (κ3) is 8.91. The van der Waals surface area contributed by atoms with E-state index >= 15 is 0 Å². The first kappa shape index (κ1) is 40.0. The van der Waals surface area contributed by atoms with E-state index in [1.165, 1.54) is 4.90 Å². The number of amides is 1. The summed E-state index contributed by atoms with van der Waals surface area (Å²) in [7, 11) is 3.29. The maximum Gasteiger partial charge on any atom is 0.407 e. The van der Waals surface area contributed by atoms with Crippen LogP contribution in [0.2, 0.25) is 0 Å². The molecule has 298 valence electrons. The first-order valence-corrected chi connectivity index (χ1v) is 19.1. The van der Waals surface area contributed by atoms with Gasteiger partial charge in [0, 0.05) is 44.5 Å². The van der Waals surface area contributed by atoms with E-state index in [1.54, 1.807) is 31.1 Å². The number of benzene rings is 2. The number of anilines is 2. The molecule has 14 heteroatoms. The summed E-state index contributed by atoms with van der Waals surface area (Å²) in [5.41, 5.74) is 4.13. The number of fused-ring (bicyclic) bond motifs is 1. The lowest BCUT2D eigenvalue weighted by Gasteiger charge is -2.46. The fourth-order valence-corrected chi connectivity index (χ4v) is 7.25. The van der Waals surface area contributed by atoms with Gasteiger partial charge >= 0.3 is 12.1 Å². The van der Waals surface area contributed by atoms with Crippen molar-refractivity contribution in [1.82, 2.24) is 29.5 Å². The molecule has 0 aliphatic carbocycles. The Morgan fingerprint density at radius 3 is 2.12 bits per heavy atom. The molecule has 5 aromatic rings. The quantitative estimate of drug-likeness (QED) is 0.121. The van der Waals surface area contributed by atoms with E-state index in [0.717, 1.165) is 46.8 Å². The zero-order chi connectivity index (χ0) is 40.1. The molecule has 0 spiro atoms. The summed E-state index contributed by atoms with van der Waals surface area (Å²) in [4.78, 5) is 32.4. The smallest absolute Gasteiger partial charge is 0.407 e. The number of aromatic nitrogens is 5. The molecule has 1 aliphatic rings. The number of hydrogen-bond donors (Lipinski definition) is 2. The van der Waals surface area contributed by atoms with Crippen LogP contribution in [-0.2, 0) is 13.1 Å². The summed E-state index contributed by atoms with van der Waals surface area (Å²) in [6, 6.07) is 17.7. The van der Waals surface area contributed by atoms with Gasteiger partial charge in [-0.3, -0.25) is 0 Å². The normalized spacial score (nSPS) is 15.8. The summed E-state index contributed by atoms with van der Waals surface area (Å²) in [5.74, 6) is 2.83. The van der Waals surface area contributed by atoms with Crippen LogP contribution in [0.1, 0.15) is 81.5 Å². The van der Waals surface area contributed by atoms with E-state index in [2.05, 4.69) is 37.5 Å². The maximum atomic E-state index is 12.0. The molecule has 1 saturated heterocycles. The van der Waals surface area contributed by atoms with Crippen LogP contribution in [0.3, 0.4) is 0 Å². The Hall–Kier alpha value is -5.63. The minimum Gasteiger partial charge on any atom is -0.497 e. The van der Waals surface area contributed by atoms with Gasteiger partial charge in [-0.15, -0.1) is 5.10 Å². The summed E-state index contributed by atoms with van der Waals surface area (Å²) in [6.07, 6.45) is 2.86. The predicted molar refractivity (Wildman–Crippen MR) is 215 cm³/mol. The Labute approximate surface area is 328 Å². The van der Waals surface area contributed by atoms with Crippen molar-refractivity contribution in [2.24, 2.45) is 5.41 Å². The number of rotatable bonds is 14. The summed E-state index contributed by atoms with van der Waals surface area (Å²) in [5, 5.41) is 26.6. The minimum absolute atomic E-state index is 0.145. The molecule has 1 aliphatic heterocycles. The number of carbonyl (C=O) groups is 1. The predicted octanol–water partition coefficient (Wildman–Crippen LogP) is 6.92. The molecule has 0 bridgehead atoms. The SMILES string of the molecule is CCCC(C)Oc1nc(N(Cc2ccc(OC)cc2)Cc2ccc(OC)cc2)c2ncc(C(O)c3cnc(N4CCN(C(=O)O)C(C(C)(C)C)C4)c(C)c3)n2n1. The number of aliphatic hydroxyl groups excluding tert-OH is 1. The van der Waals surface area contributed by atoms with E-state index in [0.29, 0.717) is 55.4 Å². The second kappa shape index (κ2) is 17.0. The van der Waals surface area contributed by atoms with Crippen LogP contribution in [0.25, 0.3) is 5.65 Å². The molecule has 6 rings (SSSR count). The summed E-state index contributed by atoms with van der Waals surface area (Å²) in [6.45, 7) is 14.6. The summed E-state index contributed by atoms with van der Waals surface area (Å²) >= 11 is 0. The van der Waals surface area contributed by atoms with Crippen LogP contribution in [0.5, 0.6) is 17.5 Å². The molecule has 1 amide bonds. The van der Waals surface area contributed by atoms with Crippen LogP contribution in [0.4, 0.5) is 16.4 Å². The molecular weight excluding hydrogens is 713 g/mol. The Morgan fingerprint density at radius 2 is 1.59 bits per heavy atom. The molecule has 2 aromatic carbocycles. The lowest BCUT2D eigenvalue weighted by Crippen LogP contribution is -2.59. The Bertz CT molecular complexity index is 2050. The number of ether oxygens (including phenoxy) is 3. The van der Waals surface area contributed by atoms with Crippen molar-refractivity contribution < 1.29 is 29.2 Å². The largest absolute Gasteiger partial charge is 0.497 e. The van der Waals surface area contributed by atoms with Gasteiger partial charge in [0.2, 0.25) is 0 Å². The zero-order valence-electron chi connectivity index (χ0n) is 33.6. The average Bonchev–Trinajstić information content (AvgIpc) is 3.61. The summed E-state index contributed by atoms with van der Waals surface area (Å²) < 4.78 is 18.8. The Balaban J connectivity index is 1.38. The lowest BCUT2D eigenvalue weighted by molar-refractivity contribution is 0.0746. The zero-order valence-corrected chi connectivity index (χ0v) is 33.6. The van der Waals surface area contributed by atoms with Gasteiger partial charge in [0.05, 0.1) is 38.3 Å². The van der Waals surface area contributed by atoms with E-state index in [4.69, 9.17) is 34.3 Å². The van der Waals surface area contributed by atoms with Crippen molar-refractivity contribution in [3.8, 4) is 17.5 Å². The number of methoxy groups -OCH3 is 2. The number of aryl methyl sites for hydroxylation is 1. The van der Waals surface area contributed by atoms with Gasteiger partial charge in [0.1, 0.15) is 23.4 Å². The molecule has 4 heterocycles. The molecule has 14 nitrogen and oxygen atoms in total. The molecule has 3 aromatic heterocycles. The third-order valence-corrected chi connectivity index (χ3v) is 10.3. The van der Waals surface area contributed by atoms with Crippen LogP contribution in [0.15, 0.2) is 67.0 Å². The second-order valence-electron chi connectivity index (χ2n) is 15.5. The van der Waals surface area contributed by atoms with Crippen molar-refractivity contribution in [1.29, 1.82) is 0 Å². The number of nitrogens with zero attached hydrogens (tertiary/aromatic N) is 8. The standard InChI is InChI=1S/C42H54N8O6/c1-9-10-28(3)56-40-45-39(48(24-29-11-15-32(54-7)16-12-29)25-30-13-17-33(55-8)18-14-30)38-44-23-34(50(38)46-40)36(51)31-21-27(2)37(43-22-31)47-19-20-49(41(52)53)35(26-47)42(4,5)6/h11-18,21-23,28,35-36,51H,9-10,19-20,24-26H2,1-8H3,(H,52,53). The fourth-order valence-electron chi connectivity index (χ4n) is 7.25. The van der Waals surface area contributed by atoms with Crippen LogP contribution in [0, 0.1) is 12.3 Å². The third-order valence-electron chi connectivity index (χ3n) is 10.3. The number of imidazole rings is 1. The molecule has 56 heavy (non-hydrogen) atoms. The number of piperazine rings is 1. The molecule has 0 saturated carbocycles. The maximum absolute atomic E-state index is 12.0. The van der Waals surface area contributed by atoms with Crippen molar-refractivity contribution in [3.63, 3.8) is 0 Å². The Morgan fingerprint density at radius 1 is 0.964 bits per heavy atom. The number of pyridine rings is 1. The van der Waals surface area contributed by atoms with Crippen molar-refractivity contribution >= 4 is 23.4 Å². The van der Waals surface area contributed by atoms with Gasteiger partial charge in [0.15, 0.2) is 11.5 Å². The van der Waals surface area contributed by atoms with Gasteiger partial charge in [0.25, 0.3) is 0 Å². The minimum atomic E-state index is -1.13. The molecule has 3 atom stereocenters. The molecule has 2 N–H and O–H groups in total. The lowest BCUT2D eigenvalue weighted by atomic mass is 9.84. The van der Waals surface area contributed by atoms with E-state index < -0.39 is 12.2 Å². The molecule has 1 fully saturated rings. The van der Waals surface area contributed by atoms with Gasteiger partial charge in [-0.25, -0.2) is 19.3 Å². The van der Waals surface area contributed by atoms with Crippen LogP contribution >= 0.6 is 0 Å². The van der Waals surface area contributed by atoms with Crippen molar-refractivity contribution in [2.45, 2.75) is 85.7 Å². The van der Waals surface area contributed by atoms with E-state index in [-0.39, 0.29) is 23.6 Å². The van der Waals surface area contributed by atoms with Gasteiger partial charge in [-0.05, 0) is 72.7 Å². The van der Waals surface area contributed by atoms with Gasteiger partial charge in [-0.2, -0.15) is 4.98 Å². The monoisotopic (exact) mass is 766 g/mol. The first-order chi connectivity index (χ1) is 26.8. The van der Waals surface area contributed by atoms with E-state index in [1.807, 2.05) is 68.4 Å². The van der Waals surface area contributed by atoms with Crippen molar-refractivity contribution in [3.05, 3.63) is 94.9 Å². The highest BCUT2D eigenvalue weighted by molar-refractivity contribution is 5.67. The number of carboxylic acid groups (broad SMARTS) is 1. The van der Waals surface area contributed by atoms with Gasteiger partial charge in [-0.1, -0.05) is 58.4 Å². The van der Waals surface area contributed by atoms with Crippen LogP contribution in [-0.4, -0.2) is 91.8 Å². The topological polar surface area (TPSA) is 151 Å². The highest BCUT2D eigenvalue weighted by Gasteiger charge is 2.39. The number of aliphatic hydroxyl groups is 1. The second-order valence-corrected chi connectivity index (χ2v) is 15.5. The number of hydrogen-bond acceptors (Lipinski definition) is 11. The molecular formula is C42H54N8O6. The van der Waals surface area contributed by atoms with Gasteiger partial charge < -0.3 is 39.1 Å². The average molecular weight is 767 g/mol.